The van der Waals surface area contributed by atoms with Crippen LogP contribution in [0, 0.1) is 0 Å². The van der Waals surface area contributed by atoms with Crippen LogP contribution in [0.5, 0.6) is 5.75 Å². The summed E-state index contributed by atoms with van der Waals surface area (Å²) in [6.07, 6.45) is 4.67. The van der Waals surface area contributed by atoms with Gasteiger partial charge >= 0.3 is 0 Å². The van der Waals surface area contributed by atoms with Crippen molar-refractivity contribution in [2.75, 3.05) is 18.5 Å². The van der Waals surface area contributed by atoms with Gasteiger partial charge in [-0.1, -0.05) is 6.07 Å². The van der Waals surface area contributed by atoms with Gasteiger partial charge in [0.25, 0.3) is 0 Å². The molecule has 0 aliphatic rings. The van der Waals surface area contributed by atoms with Crippen LogP contribution < -0.4 is 10.1 Å². The minimum atomic E-state index is 0.702. The molecule has 0 unspecified atom stereocenters. The van der Waals surface area contributed by atoms with E-state index in [-0.39, 0.29) is 0 Å². The molecule has 1 aromatic heterocycles. The molecule has 2 aromatic rings. The third-order valence-electron chi connectivity index (χ3n) is 2.63. The van der Waals surface area contributed by atoms with Crippen molar-refractivity contribution in [3.63, 3.8) is 0 Å². The third kappa shape index (κ3) is 3.77. The summed E-state index contributed by atoms with van der Waals surface area (Å²) in [5.74, 6) is 0.912. The average Bonchev–Trinajstić information content (AvgIpc) is 2.42. The summed E-state index contributed by atoms with van der Waals surface area (Å²) in [5.41, 5.74) is 2.36. The smallest absolute Gasteiger partial charge is 0.119 e. The molecule has 0 spiro atoms. The van der Waals surface area contributed by atoms with E-state index < -0.39 is 0 Å². The Hall–Kier alpha value is -2.03. The number of rotatable bonds is 6. The Morgan fingerprint density at radius 2 is 2.00 bits per heavy atom. The number of aromatic nitrogens is 1. The number of hydrogen-bond acceptors (Lipinski definition) is 3. The first-order valence-electron chi connectivity index (χ1n) is 6.24. The van der Waals surface area contributed by atoms with E-state index in [0.29, 0.717) is 6.61 Å². The lowest BCUT2D eigenvalue weighted by Gasteiger charge is -2.07. The van der Waals surface area contributed by atoms with Crippen LogP contribution in [-0.4, -0.2) is 18.1 Å². The second-order valence-corrected chi connectivity index (χ2v) is 4.00. The molecule has 94 valence electrons. The monoisotopic (exact) mass is 242 g/mol. The number of pyridine rings is 1. The molecule has 18 heavy (non-hydrogen) atoms. The minimum absolute atomic E-state index is 0.702. The molecule has 0 saturated heterocycles. The fourth-order valence-electron chi connectivity index (χ4n) is 1.73. The van der Waals surface area contributed by atoms with Gasteiger partial charge in [0.15, 0.2) is 0 Å². The molecule has 1 aromatic carbocycles. The number of anilines is 1. The lowest BCUT2D eigenvalue weighted by atomic mass is 10.2. The normalized spacial score (nSPS) is 10.1. The summed E-state index contributed by atoms with van der Waals surface area (Å²) in [6.45, 7) is 3.59. The first-order chi connectivity index (χ1) is 8.88. The number of nitrogens with one attached hydrogen (secondary N) is 1. The van der Waals surface area contributed by atoms with Gasteiger partial charge in [-0.05, 0) is 49.2 Å². The molecule has 2 rings (SSSR count). The van der Waals surface area contributed by atoms with Crippen LogP contribution in [0.3, 0.4) is 0 Å². The fourth-order valence-corrected chi connectivity index (χ4v) is 1.73. The molecular weight excluding hydrogens is 224 g/mol. The summed E-state index contributed by atoms with van der Waals surface area (Å²) in [4.78, 5) is 4.10. The van der Waals surface area contributed by atoms with Crippen molar-refractivity contribution in [2.24, 2.45) is 0 Å². The van der Waals surface area contributed by atoms with Crippen LogP contribution in [-0.2, 0) is 6.42 Å². The SMILES string of the molecule is CCOc1ccc(NCCc2cccnc2)cc1. The van der Waals surface area contributed by atoms with E-state index in [9.17, 15) is 0 Å². The molecule has 0 fully saturated rings. The van der Waals surface area contributed by atoms with E-state index in [1.54, 1.807) is 6.20 Å². The summed E-state index contributed by atoms with van der Waals surface area (Å²) in [6, 6.07) is 12.1. The Bertz CT molecular complexity index is 454. The van der Waals surface area contributed by atoms with Crippen LogP contribution in [0.1, 0.15) is 12.5 Å². The molecule has 3 nitrogen and oxygen atoms in total. The van der Waals surface area contributed by atoms with Gasteiger partial charge in [0.2, 0.25) is 0 Å². The third-order valence-corrected chi connectivity index (χ3v) is 2.63. The van der Waals surface area contributed by atoms with E-state index in [4.69, 9.17) is 4.74 Å². The number of nitrogens with zero attached hydrogens (tertiary/aromatic N) is 1. The predicted molar refractivity (Wildman–Crippen MR) is 74.0 cm³/mol. The Balaban J connectivity index is 1.80. The van der Waals surface area contributed by atoms with Crippen molar-refractivity contribution < 1.29 is 4.74 Å². The van der Waals surface area contributed by atoms with Crippen molar-refractivity contribution >= 4 is 5.69 Å². The van der Waals surface area contributed by atoms with Crippen molar-refractivity contribution in [3.8, 4) is 5.75 Å². The summed E-state index contributed by atoms with van der Waals surface area (Å²) >= 11 is 0. The van der Waals surface area contributed by atoms with Crippen molar-refractivity contribution in [3.05, 3.63) is 54.4 Å². The zero-order valence-electron chi connectivity index (χ0n) is 10.6. The highest BCUT2D eigenvalue weighted by Gasteiger charge is 1.95. The Kier molecular flexibility index (Phi) is 4.59. The lowest BCUT2D eigenvalue weighted by molar-refractivity contribution is 0.340. The first-order valence-corrected chi connectivity index (χ1v) is 6.24. The van der Waals surface area contributed by atoms with Crippen LogP contribution >= 0.6 is 0 Å². The number of benzene rings is 1. The molecule has 1 N–H and O–H groups in total. The maximum atomic E-state index is 5.40. The molecule has 0 bridgehead atoms. The standard InChI is InChI=1S/C15H18N2O/c1-2-18-15-7-5-14(6-8-15)17-11-9-13-4-3-10-16-12-13/h3-8,10,12,17H,2,9,11H2,1H3. The van der Waals surface area contributed by atoms with Crippen LogP contribution in [0.4, 0.5) is 5.69 Å². The second-order valence-electron chi connectivity index (χ2n) is 4.00. The van der Waals surface area contributed by atoms with E-state index in [2.05, 4.69) is 16.4 Å². The average molecular weight is 242 g/mol. The molecule has 0 radical (unpaired) electrons. The number of ether oxygens (including phenoxy) is 1. The molecule has 3 heteroatoms. The molecular formula is C15H18N2O. The molecule has 0 aliphatic carbocycles. The van der Waals surface area contributed by atoms with E-state index >= 15 is 0 Å². The fraction of sp³-hybridized carbons (Fsp3) is 0.267. The van der Waals surface area contributed by atoms with Gasteiger partial charge in [0.1, 0.15) is 5.75 Å². The zero-order valence-corrected chi connectivity index (χ0v) is 10.6. The van der Waals surface area contributed by atoms with E-state index in [0.717, 1.165) is 24.4 Å². The van der Waals surface area contributed by atoms with Gasteiger partial charge in [-0.25, -0.2) is 0 Å². The molecule has 0 atom stereocenters. The Morgan fingerprint density at radius 1 is 1.17 bits per heavy atom. The summed E-state index contributed by atoms with van der Waals surface area (Å²) in [7, 11) is 0. The first kappa shape index (κ1) is 12.4. The van der Waals surface area contributed by atoms with Crippen molar-refractivity contribution in [1.29, 1.82) is 0 Å². The highest BCUT2D eigenvalue weighted by atomic mass is 16.5. The maximum absolute atomic E-state index is 5.40. The quantitative estimate of drug-likeness (QED) is 0.845. The van der Waals surface area contributed by atoms with Crippen LogP contribution in [0.2, 0.25) is 0 Å². The number of hydrogen-bond donors (Lipinski definition) is 1. The maximum Gasteiger partial charge on any atom is 0.119 e. The van der Waals surface area contributed by atoms with Crippen molar-refractivity contribution in [1.82, 2.24) is 4.98 Å². The largest absolute Gasteiger partial charge is 0.494 e. The highest BCUT2D eigenvalue weighted by Crippen LogP contribution is 2.15. The molecule has 0 amide bonds. The Labute approximate surface area is 108 Å². The topological polar surface area (TPSA) is 34.1 Å². The van der Waals surface area contributed by atoms with Gasteiger partial charge in [-0.15, -0.1) is 0 Å². The lowest BCUT2D eigenvalue weighted by Crippen LogP contribution is -2.04. The molecule has 0 aliphatic heterocycles. The summed E-state index contributed by atoms with van der Waals surface area (Å²) < 4.78 is 5.40. The minimum Gasteiger partial charge on any atom is -0.494 e. The van der Waals surface area contributed by atoms with Gasteiger partial charge in [-0.2, -0.15) is 0 Å². The Morgan fingerprint density at radius 3 is 2.67 bits per heavy atom. The second kappa shape index (κ2) is 6.64. The van der Waals surface area contributed by atoms with Gasteiger partial charge in [-0.3, -0.25) is 4.98 Å². The zero-order chi connectivity index (χ0) is 12.6. The van der Waals surface area contributed by atoms with E-state index in [1.807, 2.05) is 43.5 Å². The van der Waals surface area contributed by atoms with Gasteiger partial charge in [0, 0.05) is 24.6 Å². The summed E-state index contributed by atoms with van der Waals surface area (Å²) in [5, 5.41) is 3.38. The highest BCUT2D eigenvalue weighted by molar-refractivity contribution is 5.46. The molecule has 1 heterocycles. The molecule has 0 saturated carbocycles. The van der Waals surface area contributed by atoms with Crippen LogP contribution in [0.15, 0.2) is 48.8 Å². The van der Waals surface area contributed by atoms with Crippen LogP contribution in [0.25, 0.3) is 0 Å². The van der Waals surface area contributed by atoms with Gasteiger partial charge in [0.05, 0.1) is 6.61 Å². The van der Waals surface area contributed by atoms with Gasteiger partial charge < -0.3 is 10.1 Å². The van der Waals surface area contributed by atoms with Crippen molar-refractivity contribution in [2.45, 2.75) is 13.3 Å². The predicted octanol–water partition coefficient (Wildman–Crippen LogP) is 3.13. The van der Waals surface area contributed by atoms with E-state index in [1.165, 1.54) is 5.56 Å².